The van der Waals surface area contributed by atoms with Crippen LogP contribution in [0.15, 0.2) is 11.8 Å². The summed E-state index contributed by atoms with van der Waals surface area (Å²) >= 11 is 0. The average Bonchev–Trinajstić information content (AvgIpc) is 2.37. The molecular weight excluding hydrogens is 216 g/mol. The maximum absolute atomic E-state index is 11.4. The summed E-state index contributed by atoms with van der Waals surface area (Å²) in [4.78, 5) is 11.4. The molecule has 1 fully saturated rings. The number of unbranched alkanes of at least 4 members (excludes halogenated alkanes) is 2. The molecule has 0 aliphatic heterocycles. The molecule has 3 N–H and O–H groups in total. The Bertz CT molecular complexity index is 244. The number of hydrogen-bond donors (Lipinski definition) is 3. The molecular formula is C13H24N2O2. The van der Waals surface area contributed by atoms with Gasteiger partial charge in [-0.1, -0.05) is 12.0 Å². The van der Waals surface area contributed by atoms with Crippen LogP contribution in [0.25, 0.3) is 0 Å². The van der Waals surface area contributed by atoms with Crippen molar-refractivity contribution >= 4 is 6.03 Å². The molecule has 1 saturated carbocycles. The van der Waals surface area contributed by atoms with Crippen molar-refractivity contribution in [2.45, 2.75) is 51.4 Å². The van der Waals surface area contributed by atoms with Crippen LogP contribution in [0.2, 0.25) is 0 Å². The zero-order chi connectivity index (χ0) is 12.3. The van der Waals surface area contributed by atoms with Gasteiger partial charge < -0.3 is 15.7 Å². The van der Waals surface area contributed by atoms with Crippen molar-refractivity contribution in [3.63, 3.8) is 0 Å². The van der Waals surface area contributed by atoms with Gasteiger partial charge in [0.15, 0.2) is 0 Å². The van der Waals surface area contributed by atoms with Crippen molar-refractivity contribution in [2.24, 2.45) is 0 Å². The van der Waals surface area contributed by atoms with Gasteiger partial charge in [0.25, 0.3) is 0 Å². The van der Waals surface area contributed by atoms with Crippen LogP contribution in [-0.2, 0) is 0 Å². The number of rotatable bonds is 6. The number of hydrogen-bond acceptors (Lipinski definition) is 2. The number of carbonyl (C=O) groups is 1. The number of nitrogens with one attached hydrogen (secondary N) is 2. The number of aliphatic hydroxyl groups is 1. The highest BCUT2D eigenvalue weighted by Gasteiger charge is 2.05. The predicted molar refractivity (Wildman–Crippen MR) is 68.6 cm³/mol. The number of amides is 2. The van der Waals surface area contributed by atoms with Gasteiger partial charge in [-0.05, 0) is 44.9 Å². The summed E-state index contributed by atoms with van der Waals surface area (Å²) in [5, 5.41) is 14.2. The Morgan fingerprint density at radius 1 is 1.18 bits per heavy atom. The van der Waals surface area contributed by atoms with E-state index in [1.54, 1.807) is 0 Å². The van der Waals surface area contributed by atoms with Crippen molar-refractivity contribution in [1.82, 2.24) is 10.6 Å². The Hall–Kier alpha value is -1.03. The molecule has 2 amide bonds. The second-order valence-electron chi connectivity index (χ2n) is 4.55. The number of carbonyl (C=O) groups excluding carboxylic acids is 1. The summed E-state index contributed by atoms with van der Waals surface area (Å²) in [6.07, 6.45) is 10.6. The molecule has 0 atom stereocenters. The Morgan fingerprint density at radius 3 is 2.65 bits per heavy atom. The van der Waals surface area contributed by atoms with Crippen molar-refractivity contribution in [3.05, 3.63) is 11.8 Å². The summed E-state index contributed by atoms with van der Waals surface area (Å²) in [5.74, 6) is 0. The number of allylic oxidation sites excluding steroid dienone is 1. The minimum Gasteiger partial charge on any atom is -0.396 e. The first-order chi connectivity index (χ1) is 8.33. The molecule has 0 aromatic heterocycles. The zero-order valence-electron chi connectivity index (χ0n) is 10.5. The van der Waals surface area contributed by atoms with E-state index in [2.05, 4.69) is 10.6 Å². The maximum Gasteiger partial charge on any atom is 0.318 e. The van der Waals surface area contributed by atoms with E-state index in [-0.39, 0.29) is 12.6 Å². The summed E-state index contributed by atoms with van der Waals surface area (Å²) in [6, 6.07) is -0.118. The molecule has 1 aliphatic rings. The molecule has 0 saturated heterocycles. The fourth-order valence-corrected chi connectivity index (χ4v) is 1.98. The van der Waals surface area contributed by atoms with Gasteiger partial charge in [-0.2, -0.15) is 0 Å². The topological polar surface area (TPSA) is 61.4 Å². The Balaban J connectivity index is 2.04. The monoisotopic (exact) mass is 240 g/mol. The van der Waals surface area contributed by atoms with Gasteiger partial charge in [-0.3, -0.25) is 0 Å². The van der Waals surface area contributed by atoms with Crippen LogP contribution in [0, 0.1) is 0 Å². The average molecular weight is 240 g/mol. The fraction of sp³-hybridized carbons (Fsp3) is 0.769. The summed E-state index contributed by atoms with van der Waals surface area (Å²) in [6.45, 7) is 0.910. The van der Waals surface area contributed by atoms with E-state index in [1.165, 1.54) is 24.8 Å². The SMILES string of the molecule is O=C(NC=C1CCCCC1)NCCCCCO. The molecule has 0 radical (unpaired) electrons. The molecule has 1 rings (SSSR count). The van der Waals surface area contributed by atoms with Crippen molar-refractivity contribution in [2.75, 3.05) is 13.2 Å². The molecule has 4 heteroatoms. The lowest BCUT2D eigenvalue weighted by Crippen LogP contribution is -2.33. The first kappa shape index (κ1) is 14.0. The zero-order valence-corrected chi connectivity index (χ0v) is 10.5. The molecule has 98 valence electrons. The molecule has 0 spiro atoms. The Morgan fingerprint density at radius 2 is 1.94 bits per heavy atom. The van der Waals surface area contributed by atoms with Crippen LogP contribution in [0.4, 0.5) is 4.79 Å². The van der Waals surface area contributed by atoms with Gasteiger partial charge in [-0.25, -0.2) is 4.79 Å². The van der Waals surface area contributed by atoms with Gasteiger partial charge in [0, 0.05) is 19.4 Å². The lowest BCUT2D eigenvalue weighted by molar-refractivity contribution is 0.243. The molecule has 0 aromatic carbocycles. The summed E-state index contributed by atoms with van der Waals surface area (Å²) in [5.41, 5.74) is 1.35. The van der Waals surface area contributed by atoms with Crippen molar-refractivity contribution < 1.29 is 9.90 Å². The van der Waals surface area contributed by atoms with Crippen LogP contribution in [-0.4, -0.2) is 24.3 Å². The van der Waals surface area contributed by atoms with Gasteiger partial charge in [0.1, 0.15) is 0 Å². The lowest BCUT2D eigenvalue weighted by Gasteiger charge is -2.13. The molecule has 0 heterocycles. The van der Waals surface area contributed by atoms with E-state index in [9.17, 15) is 4.79 Å². The highest BCUT2D eigenvalue weighted by molar-refractivity contribution is 5.74. The van der Waals surface area contributed by atoms with E-state index in [1.807, 2.05) is 6.20 Å². The normalized spacial score (nSPS) is 15.5. The molecule has 17 heavy (non-hydrogen) atoms. The van der Waals surface area contributed by atoms with E-state index in [4.69, 9.17) is 5.11 Å². The number of urea groups is 1. The van der Waals surface area contributed by atoms with Crippen LogP contribution in [0.1, 0.15) is 51.4 Å². The maximum atomic E-state index is 11.4. The minimum atomic E-state index is -0.118. The Kier molecular flexibility index (Phi) is 7.47. The number of aliphatic hydroxyl groups excluding tert-OH is 1. The smallest absolute Gasteiger partial charge is 0.318 e. The minimum absolute atomic E-state index is 0.118. The van der Waals surface area contributed by atoms with Gasteiger partial charge in [-0.15, -0.1) is 0 Å². The predicted octanol–water partition coefficient (Wildman–Crippen LogP) is 2.30. The van der Waals surface area contributed by atoms with E-state index < -0.39 is 0 Å². The first-order valence-corrected chi connectivity index (χ1v) is 6.66. The van der Waals surface area contributed by atoms with Crippen LogP contribution < -0.4 is 10.6 Å². The molecule has 0 bridgehead atoms. The third-order valence-electron chi connectivity index (χ3n) is 3.02. The molecule has 4 nitrogen and oxygen atoms in total. The van der Waals surface area contributed by atoms with E-state index in [0.717, 1.165) is 32.1 Å². The van der Waals surface area contributed by atoms with Crippen molar-refractivity contribution in [1.29, 1.82) is 0 Å². The second kappa shape index (κ2) is 9.05. The molecule has 0 aromatic rings. The highest BCUT2D eigenvalue weighted by Crippen LogP contribution is 2.21. The fourth-order valence-electron chi connectivity index (χ4n) is 1.98. The third-order valence-corrected chi connectivity index (χ3v) is 3.02. The van der Waals surface area contributed by atoms with Crippen molar-refractivity contribution in [3.8, 4) is 0 Å². The Labute approximate surface area is 103 Å². The standard InChI is InChI=1S/C13H24N2O2/c16-10-6-2-5-9-14-13(17)15-11-12-7-3-1-4-8-12/h11,16H,1-10H2,(H2,14,15,17). The van der Waals surface area contributed by atoms with E-state index in [0.29, 0.717) is 6.54 Å². The summed E-state index contributed by atoms with van der Waals surface area (Å²) in [7, 11) is 0. The van der Waals surface area contributed by atoms with Crippen LogP contribution in [0.3, 0.4) is 0 Å². The lowest BCUT2D eigenvalue weighted by atomic mass is 9.96. The van der Waals surface area contributed by atoms with E-state index >= 15 is 0 Å². The van der Waals surface area contributed by atoms with Gasteiger partial charge in [0.2, 0.25) is 0 Å². The second-order valence-corrected chi connectivity index (χ2v) is 4.55. The summed E-state index contributed by atoms with van der Waals surface area (Å²) < 4.78 is 0. The van der Waals surface area contributed by atoms with Crippen LogP contribution >= 0.6 is 0 Å². The highest BCUT2D eigenvalue weighted by atomic mass is 16.2. The largest absolute Gasteiger partial charge is 0.396 e. The first-order valence-electron chi connectivity index (χ1n) is 6.66. The van der Waals surface area contributed by atoms with Crippen LogP contribution in [0.5, 0.6) is 0 Å². The van der Waals surface area contributed by atoms with Gasteiger partial charge in [0.05, 0.1) is 0 Å². The molecule has 1 aliphatic carbocycles. The quantitative estimate of drug-likeness (QED) is 0.624. The van der Waals surface area contributed by atoms with Gasteiger partial charge >= 0.3 is 6.03 Å². The molecule has 0 unspecified atom stereocenters. The third kappa shape index (κ3) is 7.00.